The maximum atomic E-state index is 13.1. The number of rotatable bonds is 6. The number of hydrogen-bond donors (Lipinski definition) is 1. The summed E-state index contributed by atoms with van der Waals surface area (Å²) in [4.78, 5) is 13.2. The zero-order valence-electron chi connectivity index (χ0n) is 18.8. The zero-order chi connectivity index (χ0) is 22.7. The second-order valence-corrected chi connectivity index (χ2v) is 10.6. The number of hydrogen-bond acceptors (Lipinski definition) is 4. The van der Waals surface area contributed by atoms with Crippen molar-refractivity contribution in [1.82, 2.24) is 9.62 Å². The molecule has 0 bridgehead atoms. The highest BCUT2D eigenvalue weighted by molar-refractivity contribution is 7.89. The van der Waals surface area contributed by atoms with Gasteiger partial charge < -0.3 is 10.1 Å². The van der Waals surface area contributed by atoms with E-state index in [0.717, 1.165) is 24.8 Å². The van der Waals surface area contributed by atoms with Crippen LogP contribution in [0.4, 0.5) is 0 Å². The van der Waals surface area contributed by atoms with E-state index in [9.17, 15) is 13.2 Å². The van der Waals surface area contributed by atoms with Crippen LogP contribution in [-0.4, -0.2) is 38.3 Å². The minimum absolute atomic E-state index is 0.0423. The van der Waals surface area contributed by atoms with Gasteiger partial charge in [0.05, 0.1) is 17.5 Å². The molecule has 1 aliphatic heterocycles. The predicted molar refractivity (Wildman–Crippen MR) is 124 cm³/mol. The van der Waals surface area contributed by atoms with Crippen LogP contribution in [0.15, 0.2) is 47.4 Å². The van der Waals surface area contributed by atoms with Crippen LogP contribution in [0.2, 0.25) is 0 Å². The summed E-state index contributed by atoms with van der Waals surface area (Å²) in [6.07, 6.45) is 4.15. The molecule has 1 atom stereocenters. The Labute approximate surface area is 191 Å². The molecule has 0 spiro atoms. The topological polar surface area (TPSA) is 75.7 Å². The lowest BCUT2D eigenvalue weighted by Gasteiger charge is -2.32. The zero-order valence-corrected chi connectivity index (χ0v) is 19.7. The van der Waals surface area contributed by atoms with Gasteiger partial charge in [-0.25, -0.2) is 8.42 Å². The van der Waals surface area contributed by atoms with Crippen LogP contribution in [0.3, 0.4) is 0 Å². The summed E-state index contributed by atoms with van der Waals surface area (Å²) in [5.74, 6) is 0.587. The van der Waals surface area contributed by atoms with Gasteiger partial charge in [-0.05, 0) is 80.8 Å². The minimum Gasteiger partial charge on any atom is -0.494 e. The first-order chi connectivity index (χ1) is 15.4. The van der Waals surface area contributed by atoms with Gasteiger partial charge in [-0.2, -0.15) is 4.31 Å². The molecule has 0 saturated carbocycles. The summed E-state index contributed by atoms with van der Waals surface area (Å²) >= 11 is 0. The Kier molecular flexibility index (Phi) is 6.86. The molecule has 2 aliphatic rings. The van der Waals surface area contributed by atoms with Crippen molar-refractivity contribution in [3.05, 3.63) is 59.2 Å². The van der Waals surface area contributed by atoms with Crippen molar-refractivity contribution < 1.29 is 17.9 Å². The average Bonchev–Trinajstić information content (AvgIpc) is 2.81. The third kappa shape index (κ3) is 4.69. The van der Waals surface area contributed by atoms with Gasteiger partial charge in [0.15, 0.2) is 0 Å². The van der Waals surface area contributed by atoms with E-state index in [1.165, 1.54) is 15.4 Å². The molecule has 1 heterocycles. The molecule has 6 nitrogen and oxygen atoms in total. The molecule has 4 rings (SSSR count). The number of carbonyl (C=O) groups is 1. The molecule has 0 radical (unpaired) electrons. The van der Waals surface area contributed by atoms with Gasteiger partial charge in [0.25, 0.3) is 0 Å². The van der Waals surface area contributed by atoms with Crippen molar-refractivity contribution in [2.45, 2.75) is 56.9 Å². The molecular weight excluding hydrogens is 424 g/mol. The first-order valence-electron chi connectivity index (χ1n) is 11.5. The molecule has 1 N–H and O–H groups in total. The van der Waals surface area contributed by atoms with Crippen molar-refractivity contribution >= 4 is 15.9 Å². The third-order valence-electron chi connectivity index (χ3n) is 6.59. The van der Waals surface area contributed by atoms with Gasteiger partial charge in [-0.3, -0.25) is 4.79 Å². The van der Waals surface area contributed by atoms with Crippen molar-refractivity contribution in [3.63, 3.8) is 0 Å². The Morgan fingerprint density at radius 1 is 1.12 bits per heavy atom. The summed E-state index contributed by atoms with van der Waals surface area (Å²) in [5, 5.41) is 3.23. The van der Waals surface area contributed by atoms with E-state index in [0.29, 0.717) is 38.3 Å². The molecule has 1 fully saturated rings. The summed E-state index contributed by atoms with van der Waals surface area (Å²) in [5.41, 5.74) is 3.34. The van der Waals surface area contributed by atoms with Crippen molar-refractivity contribution in [3.8, 4) is 5.75 Å². The summed E-state index contributed by atoms with van der Waals surface area (Å²) < 4.78 is 33.3. The smallest absolute Gasteiger partial charge is 0.243 e. The number of piperidine rings is 1. The maximum Gasteiger partial charge on any atom is 0.243 e. The molecule has 1 amide bonds. The van der Waals surface area contributed by atoms with E-state index in [1.807, 2.05) is 26.0 Å². The van der Waals surface area contributed by atoms with E-state index in [1.54, 1.807) is 18.2 Å². The minimum atomic E-state index is -3.59. The first-order valence-corrected chi connectivity index (χ1v) is 13.0. The van der Waals surface area contributed by atoms with Gasteiger partial charge in [0.1, 0.15) is 5.75 Å². The van der Waals surface area contributed by atoms with Crippen LogP contribution >= 0.6 is 0 Å². The van der Waals surface area contributed by atoms with Crippen molar-refractivity contribution in [2.75, 3.05) is 19.7 Å². The number of nitrogens with zero attached hydrogens (tertiary/aromatic N) is 1. The van der Waals surface area contributed by atoms with E-state index in [2.05, 4.69) is 17.4 Å². The Bertz CT molecular complexity index is 1080. The lowest BCUT2D eigenvalue weighted by atomic mass is 9.87. The first kappa shape index (κ1) is 22.8. The lowest BCUT2D eigenvalue weighted by Crippen LogP contribution is -2.44. The van der Waals surface area contributed by atoms with Crippen molar-refractivity contribution in [2.24, 2.45) is 5.92 Å². The summed E-state index contributed by atoms with van der Waals surface area (Å²) in [6, 6.07) is 13.4. The van der Waals surface area contributed by atoms with E-state index >= 15 is 0 Å². The highest BCUT2D eigenvalue weighted by atomic mass is 32.2. The second kappa shape index (κ2) is 9.63. The van der Waals surface area contributed by atoms with Crippen LogP contribution in [0, 0.1) is 12.8 Å². The highest BCUT2D eigenvalue weighted by Crippen LogP contribution is 2.31. The summed E-state index contributed by atoms with van der Waals surface area (Å²) in [6.45, 7) is 5.00. The molecule has 2 aromatic carbocycles. The number of carbonyl (C=O) groups excluding carboxylic acids is 1. The summed E-state index contributed by atoms with van der Waals surface area (Å²) in [7, 11) is -3.59. The number of amides is 1. The van der Waals surface area contributed by atoms with Gasteiger partial charge in [-0.15, -0.1) is 0 Å². The fraction of sp³-hybridized carbons (Fsp3) is 0.480. The molecule has 0 aromatic heterocycles. The Hall–Kier alpha value is -2.38. The monoisotopic (exact) mass is 456 g/mol. The van der Waals surface area contributed by atoms with Crippen LogP contribution in [0.5, 0.6) is 5.75 Å². The third-order valence-corrected chi connectivity index (χ3v) is 8.49. The second-order valence-electron chi connectivity index (χ2n) is 8.69. The van der Waals surface area contributed by atoms with E-state index in [4.69, 9.17) is 4.74 Å². The Morgan fingerprint density at radius 3 is 2.59 bits per heavy atom. The average molecular weight is 457 g/mol. The van der Waals surface area contributed by atoms with Gasteiger partial charge >= 0.3 is 0 Å². The molecular formula is C25H32N2O4S. The van der Waals surface area contributed by atoms with Gasteiger partial charge in [0.2, 0.25) is 15.9 Å². The standard InChI is InChI=1S/C25H32N2O4S/c1-3-31-24-12-11-21(17-18(24)2)32(29,30)27-15-13-20(14-16-27)25(28)26-23-10-6-8-19-7-4-5-9-22(19)23/h4-5,7,9,11-12,17,20,23H,3,6,8,10,13-16H2,1-2H3,(H,26,28)/t23-/m0/s1. The number of aryl methyl sites for hydroxylation is 2. The van der Waals surface area contributed by atoms with Gasteiger partial charge in [0, 0.05) is 19.0 Å². The molecule has 1 saturated heterocycles. The molecule has 2 aromatic rings. The molecule has 1 aliphatic carbocycles. The number of ether oxygens (including phenoxy) is 1. The number of benzene rings is 2. The molecule has 172 valence electrons. The number of sulfonamides is 1. The molecule has 7 heteroatoms. The normalized spacial score (nSPS) is 19.9. The van der Waals surface area contributed by atoms with Crippen LogP contribution in [-0.2, 0) is 21.2 Å². The maximum absolute atomic E-state index is 13.1. The molecule has 32 heavy (non-hydrogen) atoms. The Balaban J connectivity index is 1.38. The predicted octanol–water partition coefficient (Wildman–Crippen LogP) is 3.99. The fourth-order valence-electron chi connectivity index (χ4n) is 4.80. The number of fused-ring (bicyclic) bond motifs is 1. The van der Waals surface area contributed by atoms with Crippen molar-refractivity contribution in [1.29, 1.82) is 0 Å². The lowest BCUT2D eigenvalue weighted by molar-refractivity contribution is -0.127. The van der Waals surface area contributed by atoms with Crippen LogP contribution in [0.1, 0.15) is 55.3 Å². The van der Waals surface area contributed by atoms with Crippen LogP contribution < -0.4 is 10.1 Å². The number of nitrogens with one attached hydrogen (secondary N) is 1. The fourth-order valence-corrected chi connectivity index (χ4v) is 6.36. The quantitative estimate of drug-likeness (QED) is 0.713. The SMILES string of the molecule is CCOc1ccc(S(=O)(=O)N2CCC(C(=O)N[C@H]3CCCc4ccccc43)CC2)cc1C. The molecule has 0 unspecified atom stereocenters. The van der Waals surface area contributed by atoms with Crippen LogP contribution in [0.25, 0.3) is 0 Å². The van der Waals surface area contributed by atoms with Gasteiger partial charge in [-0.1, -0.05) is 24.3 Å². The largest absolute Gasteiger partial charge is 0.494 e. The van der Waals surface area contributed by atoms with E-state index < -0.39 is 10.0 Å². The highest BCUT2D eigenvalue weighted by Gasteiger charge is 2.33. The Morgan fingerprint density at radius 2 is 1.88 bits per heavy atom. The van der Waals surface area contributed by atoms with E-state index in [-0.39, 0.29) is 22.8 Å².